The molecule has 7 heteroatoms. The molecule has 1 aromatic carbocycles. The molecule has 14 heavy (non-hydrogen) atoms. The summed E-state index contributed by atoms with van der Waals surface area (Å²) in [5, 5.41) is 12.1. The summed E-state index contributed by atoms with van der Waals surface area (Å²) in [5.41, 5.74) is -0.522. The van der Waals surface area contributed by atoms with E-state index in [9.17, 15) is 15.0 Å². The van der Waals surface area contributed by atoms with Crippen LogP contribution in [0.2, 0.25) is 0 Å². The number of nitroso groups, excluding NO2 is 1. The van der Waals surface area contributed by atoms with Gasteiger partial charge in [0.25, 0.3) is 0 Å². The molecule has 0 saturated carbocycles. The summed E-state index contributed by atoms with van der Waals surface area (Å²) in [6, 6.07) is 2.90. The molecule has 0 heterocycles. The van der Waals surface area contributed by atoms with Crippen molar-refractivity contribution in [1.82, 2.24) is 0 Å². The fourth-order valence-electron chi connectivity index (χ4n) is 0.990. The Morgan fingerprint density at radius 3 is 2.64 bits per heavy atom. The highest BCUT2D eigenvalue weighted by atomic mass is 79.9. The van der Waals surface area contributed by atoms with Crippen molar-refractivity contribution < 1.29 is 14.8 Å². The van der Waals surface area contributed by atoms with E-state index in [4.69, 9.17) is 4.74 Å². The van der Waals surface area contributed by atoms with E-state index in [1.165, 1.54) is 24.4 Å². The van der Waals surface area contributed by atoms with Crippen LogP contribution in [0.15, 0.2) is 16.6 Å². The molecule has 0 spiro atoms. The monoisotopic (exact) mass is 261 g/mol. The Labute approximate surface area is 87.1 Å². The van der Waals surface area contributed by atoms with Crippen LogP contribution in [-0.2, 0) is 0 Å². The fraction of sp³-hybridized carbons (Fsp3) is 0.143. The molecule has 74 valence electrons. The maximum atomic E-state index is 10.6. The smallest absolute Gasteiger partial charge is 0.386 e. The molecule has 1 rings (SSSR count). The minimum absolute atomic E-state index is 0.0385. The fourth-order valence-corrected chi connectivity index (χ4v) is 1.39. The number of nitro groups is 1. The first kappa shape index (κ1) is 10.6. The average Bonchev–Trinajstić information content (AvgIpc) is 2.17. The van der Waals surface area contributed by atoms with E-state index in [0.29, 0.717) is 4.47 Å². The summed E-state index contributed by atoms with van der Waals surface area (Å²) in [5.74, 6) is 0.0385. The van der Waals surface area contributed by atoms with Gasteiger partial charge in [0.15, 0.2) is 0 Å². The zero-order valence-corrected chi connectivity index (χ0v) is 8.70. The van der Waals surface area contributed by atoms with E-state index < -0.39 is 4.92 Å². The van der Waals surface area contributed by atoms with E-state index in [-0.39, 0.29) is 17.1 Å². The number of nitrogens with one attached hydrogen (secondary N) is 1. The van der Waals surface area contributed by atoms with Crippen molar-refractivity contribution in [3.05, 3.63) is 31.6 Å². The molecule has 6 nitrogen and oxygen atoms in total. The Morgan fingerprint density at radius 2 is 2.21 bits per heavy atom. The lowest BCUT2D eigenvalue weighted by molar-refractivity contribution is -0.422. The number of nitrogens with zero attached hydrogens (tertiary/aromatic N) is 1. The summed E-state index contributed by atoms with van der Waals surface area (Å²) in [7, 11) is 1.30. The zero-order valence-electron chi connectivity index (χ0n) is 7.11. The Kier molecular flexibility index (Phi) is 3.13. The molecule has 0 aromatic heterocycles. The van der Waals surface area contributed by atoms with Crippen LogP contribution in [0.3, 0.4) is 0 Å². The maximum Gasteiger partial charge on any atom is 0.386 e. The number of rotatable bonds is 3. The number of hydrogen-bond donors (Lipinski definition) is 1. The minimum Gasteiger partial charge on any atom is -0.490 e. The number of halogens is 1. The van der Waals surface area contributed by atoms with Crippen molar-refractivity contribution >= 4 is 27.3 Å². The molecule has 0 bridgehead atoms. The molecule has 0 unspecified atom stereocenters. The van der Waals surface area contributed by atoms with E-state index in [1.807, 2.05) is 0 Å². The molecule has 0 radical (unpaired) electrons. The van der Waals surface area contributed by atoms with Gasteiger partial charge in [-0.1, -0.05) is 0 Å². The quantitative estimate of drug-likeness (QED) is 0.646. The van der Waals surface area contributed by atoms with Crippen LogP contribution >= 0.6 is 15.9 Å². The predicted molar refractivity (Wildman–Crippen MR) is 51.3 cm³/mol. The second-order valence-corrected chi connectivity index (χ2v) is 3.19. The van der Waals surface area contributed by atoms with Gasteiger partial charge in [0.1, 0.15) is 4.47 Å². The van der Waals surface area contributed by atoms with Gasteiger partial charge in [0.2, 0.25) is 5.75 Å². The Balaban J connectivity index is 3.51. The molecule has 1 aromatic rings. The van der Waals surface area contributed by atoms with Crippen LogP contribution in [0.5, 0.6) is 5.75 Å². The predicted octanol–water partition coefficient (Wildman–Crippen LogP) is 0.844. The summed E-state index contributed by atoms with van der Waals surface area (Å²) < 4.78 is 5.08. The molecule has 0 aliphatic rings. The van der Waals surface area contributed by atoms with E-state index in [1.54, 1.807) is 0 Å². The third-order valence-corrected chi connectivity index (χ3v) is 2.26. The number of methoxy groups -OCH3 is 1. The van der Waals surface area contributed by atoms with Crippen LogP contribution in [0.25, 0.3) is 0 Å². The maximum absolute atomic E-state index is 10.6. The number of nitro benzene ring substituents is 1. The highest BCUT2D eigenvalue weighted by Gasteiger charge is 2.29. The van der Waals surface area contributed by atoms with Gasteiger partial charge >= 0.3 is 11.4 Å². The van der Waals surface area contributed by atoms with E-state index in [0.717, 1.165) is 0 Å². The van der Waals surface area contributed by atoms with Crippen LogP contribution in [0, 0.1) is 15.0 Å². The van der Waals surface area contributed by atoms with Crippen molar-refractivity contribution in [3.8, 4) is 5.75 Å². The molecule has 0 saturated heterocycles. The van der Waals surface area contributed by atoms with Crippen molar-refractivity contribution in [2.24, 2.45) is 0 Å². The molecule has 1 N–H and O–H groups in total. The van der Waals surface area contributed by atoms with Crippen molar-refractivity contribution in [2.75, 3.05) is 7.11 Å². The molecular weight excluding hydrogens is 256 g/mol. The second-order valence-electron chi connectivity index (χ2n) is 2.33. The Hall–Kier alpha value is -1.50. The molecule has 0 aliphatic heterocycles. The van der Waals surface area contributed by atoms with Crippen LogP contribution in [0.4, 0.5) is 11.4 Å². The highest BCUT2D eigenvalue weighted by Crippen LogP contribution is 2.36. The van der Waals surface area contributed by atoms with Crippen molar-refractivity contribution in [1.29, 1.82) is 0 Å². The summed E-state index contributed by atoms with van der Waals surface area (Å²) in [6.45, 7) is 0. The first-order valence-corrected chi connectivity index (χ1v) is 4.30. The summed E-state index contributed by atoms with van der Waals surface area (Å²) in [4.78, 5) is 20.5. The normalized spacial score (nSPS) is 9.57. The third kappa shape index (κ3) is 1.72. The van der Waals surface area contributed by atoms with Gasteiger partial charge in [0.05, 0.1) is 12.0 Å². The van der Waals surface area contributed by atoms with Gasteiger partial charge in [-0.3, -0.25) is 10.1 Å². The second kappa shape index (κ2) is 4.14. The van der Waals surface area contributed by atoms with E-state index in [2.05, 4.69) is 15.9 Å². The first-order chi connectivity index (χ1) is 6.61. The molecule has 0 aliphatic carbocycles. The number of ether oxygens (including phenoxy) is 1. The van der Waals surface area contributed by atoms with E-state index >= 15 is 0 Å². The largest absolute Gasteiger partial charge is 0.490 e. The lowest BCUT2D eigenvalue weighted by Gasteiger charge is -2.00. The molecular formula is C7H6BrN2O4+. The Morgan fingerprint density at radius 1 is 1.57 bits per heavy atom. The van der Waals surface area contributed by atoms with Gasteiger partial charge < -0.3 is 4.74 Å². The van der Waals surface area contributed by atoms with Crippen molar-refractivity contribution in [2.45, 2.75) is 0 Å². The topological polar surface area (TPSA) is 83.4 Å². The highest BCUT2D eigenvalue weighted by molar-refractivity contribution is 9.10. The van der Waals surface area contributed by atoms with Gasteiger partial charge in [-0.15, -0.1) is 0 Å². The summed E-state index contributed by atoms with van der Waals surface area (Å²) in [6.07, 6.45) is 0. The van der Waals surface area contributed by atoms with Gasteiger partial charge in [0, 0.05) is 10.1 Å². The third-order valence-electron chi connectivity index (χ3n) is 1.59. The van der Waals surface area contributed by atoms with Gasteiger partial charge in [-0.25, -0.2) is 0 Å². The molecule has 0 fully saturated rings. The lowest BCUT2D eigenvalue weighted by Crippen LogP contribution is -2.56. The lowest BCUT2D eigenvalue weighted by atomic mass is 10.2. The number of hydrogen-bond acceptors (Lipinski definition) is 4. The average molecular weight is 262 g/mol. The number of benzene rings is 1. The van der Waals surface area contributed by atoms with Crippen LogP contribution in [0.1, 0.15) is 0 Å². The Bertz CT molecular complexity index is 394. The standard InChI is InChI=1S/C7H5BrN2O4/c1-14-5-3-2-4(8)6(9-11)7(5)10(12)13/h2-3H,1H3/p+1. The zero-order chi connectivity index (χ0) is 10.7. The van der Waals surface area contributed by atoms with Gasteiger partial charge in [-0.2, -0.15) is 0 Å². The SMILES string of the molecule is COc1ccc(Br)c([NH+]=O)c1[N+](=O)[O-]. The van der Waals surface area contributed by atoms with Crippen LogP contribution < -0.4 is 9.91 Å². The van der Waals surface area contributed by atoms with Crippen molar-refractivity contribution in [3.63, 3.8) is 0 Å². The van der Waals surface area contributed by atoms with Crippen LogP contribution in [-0.4, -0.2) is 12.0 Å². The van der Waals surface area contributed by atoms with Gasteiger partial charge in [-0.05, 0) is 28.1 Å². The summed E-state index contributed by atoms with van der Waals surface area (Å²) >= 11 is 3.02. The molecule has 0 amide bonds. The minimum atomic E-state index is -0.677. The first-order valence-electron chi connectivity index (χ1n) is 3.50. The molecule has 0 atom stereocenters.